The van der Waals surface area contributed by atoms with Crippen LogP contribution in [0.5, 0.6) is 0 Å². The molecule has 0 fully saturated rings. The van der Waals surface area contributed by atoms with Crippen molar-refractivity contribution in [1.82, 2.24) is 14.5 Å². The lowest BCUT2D eigenvalue weighted by atomic mass is 10.1. The molecule has 0 bridgehead atoms. The highest BCUT2D eigenvalue weighted by molar-refractivity contribution is 7.93. The molecule has 0 aliphatic heterocycles. The van der Waals surface area contributed by atoms with Crippen molar-refractivity contribution in [2.75, 3.05) is 4.72 Å². The molecule has 5 rings (SSSR count). The van der Waals surface area contributed by atoms with Crippen LogP contribution in [-0.4, -0.2) is 31.4 Å². The number of aromatic nitrogens is 3. The molecule has 10 heteroatoms. The van der Waals surface area contributed by atoms with Crippen LogP contribution in [0.2, 0.25) is 0 Å². The number of nitrogens with zero attached hydrogens (tertiary/aromatic N) is 3. The number of benzene rings is 3. The van der Waals surface area contributed by atoms with Gasteiger partial charge >= 0.3 is 0 Å². The Morgan fingerprint density at radius 3 is 1.87 bits per heavy atom. The first-order valence-corrected chi connectivity index (χ1v) is 15.6. The minimum atomic E-state index is -4.21. The lowest BCUT2D eigenvalue weighted by Gasteiger charge is -2.15. The molecular formula is C29H30N4O4S2. The first kappa shape index (κ1) is 26.8. The van der Waals surface area contributed by atoms with Crippen LogP contribution in [0.4, 0.5) is 5.82 Å². The molecule has 8 nitrogen and oxygen atoms in total. The third kappa shape index (κ3) is 5.14. The summed E-state index contributed by atoms with van der Waals surface area (Å²) < 4.78 is 59.9. The zero-order valence-electron chi connectivity index (χ0n) is 22.2. The van der Waals surface area contributed by atoms with Crippen molar-refractivity contribution in [3.63, 3.8) is 0 Å². The Morgan fingerprint density at radius 2 is 1.31 bits per heavy atom. The number of sulfonamides is 1. The third-order valence-electron chi connectivity index (χ3n) is 6.60. The number of anilines is 1. The van der Waals surface area contributed by atoms with Gasteiger partial charge in [0.25, 0.3) is 10.0 Å². The molecule has 39 heavy (non-hydrogen) atoms. The average molecular weight is 563 g/mol. The number of fused-ring (bicyclic) bond motifs is 2. The zero-order valence-corrected chi connectivity index (χ0v) is 23.8. The van der Waals surface area contributed by atoms with Gasteiger partial charge in [0.05, 0.1) is 20.8 Å². The maximum absolute atomic E-state index is 14.2. The molecule has 202 valence electrons. The smallest absolute Gasteiger partial charge is 0.263 e. The second-order valence-electron chi connectivity index (χ2n) is 10.1. The van der Waals surface area contributed by atoms with Crippen molar-refractivity contribution in [2.45, 2.75) is 55.3 Å². The predicted octanol–water partition coefficient (Wildman–Crippen LogP) is 5.88. The summed E-state index contributed by atoms with van der Waals surface area (Å²) >= 11 is 0. The molecule has 1 N–H and O–H groups in total. The molecule has 0 aliphatic rings. The van der Waals surface area contributed by atoms with Gasteiger partial charge in [0.2, 0.25) is 9.84 Å². The van der Waals surface area contributed by atoms with E-state index in [2.05, 4.69) is 4.72 Å². The Labute approximate surface area is 228 Å². The number of hydrogen-bond donors (Lipinski definition) is 1. The summed E-state index contributed by atoms with van der Waals surface area (Å²) in [7, 11) is -8.36. The van der Waals surface area contributed by atoms with Gasteiger partial charge in [-0.05, 0) is 62.6 Å². The molecule has 0 saturated heterocycles. The zero-order chi connectivity index (χ0) is 27.9. The molecule has 5 aromatic rings. The van der Waals surface area contributed by atoms with Crippen LogP contribution in [0.3, 0.4) is 0 Å². The van der Waals surface area contributed by atoms with Crippen LogP contribution in [0.25, 0.3) is 22.2 Å². The van der Waals surface area contributed by atoms with Gasteiger partial charge in [0, 0.05) is 6.54 Å². The number of hydrogen-bond acceptors (Lipinski definition) is 6. The standard InChI is InChI=1S/C29H30N4O4S2/c1-19(2)17-18-33-28-26(30-24-7-5-6-8-25(24)31-28)27(38(34,35)22-13-9-20(3)10-14-22)29(33)32-39(36,37)23-15-11-21(4)12-16-23/h5-16,19,32H,17-18H2,1-4H3. The second kappa shape index (κ2) is 10.1. The Morgan fingerprint density at radius 1 is 0.769 bits per heavy atom. The van der Waals surface area contributed by atoms with E-state index in [0.29, 0.717) is 29.6 Å². The first-order valence-electron chi connectivity index (χ1n) is 12.7. The number of aryl methyl sites for hydroxylation is 3. The maximum Gasteiger partial charge on any atom is 0.263 e. The summed E-state index contributed by atoms with van der Waals surface area (Å²) in [6.45, 7) is 8.17. The van der Waals surface area contributed by atoms with Gasteiger partial charge in [-0.15, -0.1) is 0 Å². The molecule has 0 amide bonds. The van der Waals surface area contributed by atoms with E-state index in [1.54, 1.807) is 47.0 Å². The third-order valence-corrected chi connectivity index (χ3v) is 9.77. The van der Waals surface area contributed by atoms with Crippen molar-refractivity contribution < 1.29 is 16.8 Å². The van der Waals surface area contributed by atoms with Gasteiger partial charge in [0.15, 0.2) is 5.65 Å². The second-order valence-corrected chi connectivity index (χ2v) is 13.7. The monoisotopic (exact) mass is 562 g/mol. The number of para-hydroxylation sites is 2. The summed E-state index contributed by atoms with van der Waals surface area (Å²) in [6, 6.07) is 20.0. The lowest BCUT2D eigenvalue weighted by molar-refractivity contribution is 0.524. The Bertz CT molecular complexity index is 1890. The van der Waals surface area contributed by atoms with Crippen LogP contribution in [-0.2, 0) is 26.4 Å². The quantitative estimate of drug-likeness (QED) is 0.253. The van der Waals surface area contributed by atoms with Crippen LogP contribution >= 0.6 is 0 Å². The Hall–Kier alpha value is -3.76. The highest BCUT2D eigenvalue weighted by Crippen LogP contribution is 2.38. The molecule has 2 heterocycles. The highest BCUT2D eigenvalue weighted by Gasteiger charge is 2.33. The summed E-state index contributed by atoms with van der Waals surface area (Å²) in [5.74, 6) is 0.205. The maximum atomic E-state index is 14.2. The van der Waals surface area contributed by atoms with Crippen molar-refractivity contribution in [1.29, 1.82) is 0 Å². The summed E-state index contributed by atoms with van der Waals surface area (Å²) in [6.07, 6.45) is 0.668. The van der Waals surface area contributed by atoms with E-state index in [4.69, 9.17) is 9.97 Å². The van der Waals surface area contributed by atoms with E-state index < -0.39 is 19.9 Å². The largest absolute Gasteiger partial charge is 0.309 e. The molecule has 2 aromatic heterocycles. The number of rotatable bonds is 8. The molecule has 0 spiro atoms. The molecule has 3 aromatic carbocycles. The van der Waals surface area contributed by atoms with E-state index in [0.717, 1.165) is 11.1 Å². The lowest BCUT2D eigenvalue weighted by Crippen LogP contribution is -2.19. The van der Waals surface area contributed by atoms with Crippen molar-refractivity contribution in [2.24, 2.45) is 5.92 Å². The summed E-state index contributed by atoms with van der Waals surface area (Å²) in [5.41, 5.74) is 3.34. The number of sulfone groups is 1. The fourth-order valence-electron chi connectivity index (χ4n) is 4.37. The van der Waals surface area contributed by atoms with Gasteiger partial charge in [-0.25, -0.2) is 26.8 Å². The normalized spacial score (nSPS) is 12.4. The summed E-state index contributed by atoms with van der Waals surface area (Å²) in [4.78, 5) is 9.35. The highest BCUT2D eigenvalue weighted by atomic mass is 32.2. The van der Waals surface area contributed by atoms with Crippen molar-refractivity contribution in [3.05, 3.63) is 83.9 Å². The topological polar surface area (TPSA) is 111 Å². The van der Waals surface area contributed by atoms with E-state index >= 15 is 0 Å². The molecular weight excluding hydrogens is 532 g/mol. The minimum Gasteiger partial charge on any atom is -0.309 e. The fourth-order valence-corrected chi connectivity index (χ4v) is 7.05. The van der Waals surface area contributed by atoms with E-state index in [-0.39, 0.29) is 31.9 Å². The molecule has 0 aliphatic carbocycles. The van der Waals surface area contributed by atoms with Crippen LogP contribution < -0.4 is 4.72 Å². The molecule has 0 saturated carbocycles. The average Bonchev–Trinajstić information content (AvgIpc) is 3.18. The van der Waals surface area contributed by atoms with Crippen LogP contribution in [0.1, 0.15) is 31.4 Å². The minimum absolute atomic E-state index is 0.0264. The van der Waals surface area contributed by atoms with Gasteiger partial charge in [-0.1, -0.05) is 61.4 Å². The van der Waals surface area contributed by atoms with E-state index in [9.17, 15) is 16.8 Å². The Kier molecular flexibility index (Phi) is 6.94. The fraction of sp³-hybridized carbons (Fsp3) is 0.241. The summed E-state index contributed by atoms with van der Waals surface area (Å²) in [5, 5.41) is 0. The Balaban J connectivity index is 1.85. The predicted molar refractivity (Wildman–Crippen MR) is 153 cm³/mol. The molecule has 0 unspecified atom stereocenters. The molecule has 0 atom stereocenters. The first-order chi connectivity index (χ1) is 18.5. The number of nitrogens with one attached hydrogen (secondary N) is 1. The molecule has 0 radical (unpaired) electrons. The van der Waals surface area contributed by atoms with Crippen molar-refractivity contribution >= 4 is 47.9 Å². The van der Waals surface area contributed by atoms with Crippen molar-refractivity contribution in [3.8, 4) is 0 Å². The van der Waals surface area contributed by atoms with E-state index in [1.165, 1.54) is 24.3 Å². The van der Waals surface area contributed by atoms with E-state index in [1.807, 2.05) is 33.8 Å². The van der Waals surface area contributed by atoms with Crippen LogP contribution in [0.15, 0.2) is 87.5 Å². The SMILES string of the molecule is Cc1ccc(S(=O)(=O)Nc2c(S(=O)(=O)c3ccc(C)cc3)c3nc4ccccc4nc3n2CCC(C)C)cc1. The van der Waals surface area contributed by atoms with Gasteiger partial charge in [-0.3, -0.25) is 4.72 Å². The van der Waals surface area contributed by atoms with Gasteiger partial charge < -0.3 is 4.57 Å². The van der Waals surface area contributed by atoms with Gasteiger partial charge in [0.1, 0.15) is 16.2 Å². The van der Waals surface area contributed by atoms with Crippen LogP contribution in [0, 0.1) is 19.8 Å². The van der Waals surface area contributed by atoms with Gasteiger partial charge in [-0.2, -0.15) is 0 Å².